The number of phenols is 1. The van der Waals surface area contributed by atoms with Crippen molar-refractivity contribution >= 4 is 24.2 Å². The van der Waals surface area contributed by atoms with Crippen molar-refractivity contribution in [2.75, 3.05) is 6.54 Å². The van der Waals surface area contributed by atoms with Crippen LogP contribution in [0, 0.1) is 0 Å². The van der Waals surface area contributed by atoms with Gasteiger partial charge in [0.25, 0.3) is 0 Å². The van der Waals surface area contributed by atoms with E-state index in [-0.39, 0.29) is 24.7 Å². The predicted molar refractivity (Wildman–Crippen MR) is 69.2 cm³/mol. The van der Waals surface area contributed by atoms with E-state index in [1.165, 1.54) is 12.1 Å². The molecule has 0 aliphatic carbocycles. The molecule has 1 unspecified atom stereocenters. The molecular weight excluding hydrogens is 258 g/mol. The molecule has 0 bridgehead atoms. The van der Waals surface area contributed by atoms with E-state index in [1.54, 1.807) is 12.1 Å². The summed E-state index contributed by atoms with van der Waals surface area (Å²) in [5, 5.41) is 11.4. The van der Waals surface area contributed by atoms with Crippen LogP contribution in [-0.2, 0) is 16.0 Å². The summed E-state index contributed by atoms with van der Waals surface area (Å²) >= 11 is 0. The first kappa shape index (κ1) is 16.2. The monoisotopic (exact) mass is 273 g/mol. The minimum Gasteiger partial charge on any atom is -0.508 e. The molecule has 0 saturated carbocycles. The first-order chi connectivity index (χ1) is 7.99. The normalized spacial score (nSPS) is 11.2. The maximum absolute atomic E-state index is 11.4. The van der Waals surface area contributed by atoms with Gasteiger partial charge < -0.3 is 21.9 Å². The number of hydrogen-bond acceptors (Lipinski definition) is 4. The fourth-order valence-corrected chi connectivity index (χ4v) is 1.28. The quantitative estimate of drug-likeness (QED) is 0.566. The first-order valence-electron chi connectivity index (χ1n) is 5.08. The number of amides is 2. The number of nitrogens with two attached hydrogens (primary N) is 2. The highest BCUT2D eigenvalue weighted by atomic mass is 35.5. The fourth-order valence-electron chi connectivity index (χ4n) is 1.28. The van der Waals surface area contributed by atoms with Gasteiger partial charge in [-0.3, -0.25) is 9.59 Å². The summed E-state index contributed by atoms with van der Waals surface area (Å²) in [5.41, 5.74) is 11.4. The predicted octanol–water partition coefficient (Wildman–Crippen LogP) is -0.715. The SMILES string of the molecule is Cl.NC(=O)CNC(=O)C(N)Cc1ccc(O)cc1. The van der Waals surface area contributed by atoms with Crippen LogP contribution in [0.3, 0.4) is 0 Å². The van der Waals surface area contributed by atoms with Crippen LogP contribution in [0.5, 0.6) is 5.75 Å². The zero-order valence-corrected chi connectivity index (χ0v) is 10.4. The number of primary amides is 1. The molecule has 100 valence electrons. The topological polar surface area (TPSA) is 118 Å². The van der Waals surface area contributed by atoms with E-state index < -0.39 is 17.9 Å². The molecule has 0 aromatic heterocycles. The van der Waals surface area contributed by atoms with Gasteiger partial charge in [-0.05, 0) is 24.1 Å². The van der Waals surface area contributed by atoms with E-state index in [1.807, 2.05) is 0 Å². The number of carbonyl (C=O) groups excluding carboxylic acids is 2. The number of aromatic hydroxyl groups is 1. The Labute approximate surface area is 111 Å². The lowest BCUT2D eigenvalue weighted by Crippen LogP contribution is -2.44. The van der Waals surface area contributed by atoms with Crippen molar-refractivity contribution in [1.82, 2.24) is 5.32 Å². The van der Waals surface area contributed by atoms with Gasteiger partial charge in [-0.15, -0.1) is 12.4 Å². The molecule has 1 aromatic rings. The van der Waals surface area contributed by atoms with Gasteiger partial charge in [-0.2, -0.15) is 0 Å². The molecule has 6 nitrogen and oxygen atoms in total. The lowest BCUT2D eigenvalue weighted by atomic mass is 10.1. The smallest absolute Gasteiger partial charge is 0.237 e. The van der Waals surface area contributed by atoms with Crippen molar-refractivity contribution in [3.63, 3.8) is 0 Å². The zero-order valence-electron chi connectivity index (χ0n) is 9.63. The number of halogens is 1. The van der Waals surface area contributed by atoms with Crippen molar-refractivity contribution in [2.45, 2.75) is 12.5 Å². The average molecular weight is 274 g/mol. The second-order valence-electron chi connectivity index (χ2n) is 3.66. The van der Waals surface area contributed by atoms with Crippen molar-refractivity contribution in [3.8, 4) is 5.75 Å². The third-order valence-electron chi connectivity index (χ3n) is 2.17. The molecule has 1 rings (SSSR count). The molecule has 0 heterocycles. The maximum atomic E-state index is 11.4. The summed E-state index contributed by atoms with van der Waals surface area (Å²) in [4.78, 5) is 21.9. The van der Waals surface area contributed by atoms with E-state index in [9.17, 15) is 9.59 Å². The highest BCUT2D eigenvalue weighted by Crippen LogP contribution is 2.10. The largest absolute Gasteiger partial charge is 0.508 e. The molecule has 2 amide bonds. The Balaban J connectivity index is 0.00000289. The van der Waals surface area contributed by atoms with Crippen molar-refractivity contribution < 1.29 is 14.7 Å². The minimum atomic E-state index is -0.751. The zero-order chi connectivity index (χ0) is 12.8. The van der Waals surface area contributed by atoms with Crippen LogP contribution in [0.2, 0.25) is 0 Å². The van der Waals surface area contributed by atoms with Crippen LogP contribution in [-0.4, -0.2) is 29.5 Å². The average Bonchev–Trinajstić information content (AvgIpc) is 2.28. The number of phenolic OH excluding ortho intramolecular Hbond substituents is 1. The van der Waals surface area contributed by atoms with Gasteiger partial charge in [0.1, 0.15) is 5.75 Å². The Hall–Kier alpha value is -1.79. The standard InChI is InChI=1S/C11H15N3O3.ClH/c12-9(11(17)14-6-10(13)16)5-7-1-3-8(15)4-2-7;/h1-4,9,15H,5-6,12H2,(H2,13,16)(H,14,17);1H. The molecule has 0 spiro atoms. The molecule has 7 heteroatoms. The summed E-state index contributed by atoms with van der Waals surface area (Å²) < 4.78 is 0. The summed E-state index contributed by atoms with van der Waals surface area (Å²) in [6.07, 6.45) is 0.324. The molecule has 1 atom stereocenters. The highest BCUT2D eigenvalue weighted by Gasteiger charge is 2.14. The minimum absolute atomic E-state index is 0. The van der Waals surface area contributed by atoms with Gasteiger partial charge in [0.2, 0.25) is 11.8 Å². The second kappa shape index (κ2) is 7.52. The summed E-state index contributed by atoms with van der Waals surface area (Å²) in [6.45, 7) is -0.220. The van der Waals surface area contributed by atoms with Crippen LogP contribution in [0.15, 0.2) is 24.3 Å². The maximum Gasteiger partial charge on any atom is 0.237 e. The summed E-state index contributed by atoms with van der Waals surface area (Å²) in [5.74, 6) is -0.896. The van der Waals surface area contributed by atoms with Gasteiger partial charge in [-0.1, -0.05) is 12.1 Å². The van der Waals surface area contributed by atoms with Gasteiger partial charge in [0.15, 0.2) is 0 Å². The molecule has 0 aliphatic heterocycles. The Kier molecular flexibility index (Phi) is 6.77. The fraction of sp³-hybridized carbons (Fsp3) is 0.273. The Bertz CT molecular complexity index is 408. The van der Waals surface area contributed by atoms with Crippen LogP contribution in [0.25, 0.3) is 0 Å². The van der Waals surface area contributed by atoms with Crippen molar-refractivity contribution in [2.24, 2.45) is 11.5 Å². The van der Waals surface area contributed by atoms with E-state index in [4.69, 9.17) is 16.6 Å². The van der Waals surface area contributed by atoms with E-state index in [0.29, 0.717) is 6.42 Å². The number of hydrogen-bond donors (Lipinski definition) is 4. The molecule has 6 N–H and O–H groups in total. The Morgan fingerprint density at radius 1 is 1.28 bits per heavy atom. The lowest BCUT2D eigenvalue weighted by Gasteiger charge is -2.11. The van der Waals surface area contributed by atoms with Gasteiger partial charge >= 0.3 is 0 Å². The lowest BCUT2D eigenvalue weighted by molar-refractivity contribution is -0.125. The van der Waals surface area contributed by atoms with Crippen LogP contribution >= 0.6 is 12.4 Å². The van der Waals surface area contributed by atoms with Crippen molar-refractivity contribution in [1.29, 1.82) is 0 Å². The van der Waals surface area contributed by atoms with E-state index >= 15 is 0 Å². The van der Waals surface area contributed by atoms with E-state index in [0.717, 1.165) is 5.56 Å². The van der Waals surface area contributed by atoms with Gasteiger partial charge in [0.05, 0.1) is 12.6 Å². The first-order valence-corrected chi connectivity index (χ1v) is 5.08. The number of nitrogens with one attached hydrogen (secondary N) is 1. The summed E-state index contributed by atoms with van der Waals surface area (Å²) in [7, 11) is 0. The Morgan fingerprint density at radius 3 is 2.33 bits per heavy atom. The van der Waals surface area contributed by atoms with Crippen LogP contribution < -0.4 is 16.8 Å². The third kappa shape index (κ3) is 5.51. The van der Waals surface area contributed by atoms with Gasteiger partial charge in [-0.25, -0.2) is 0 Å². The van der Waals surface area contributed by atoms with Crippen LogP contribution in [0.1, 0.15) is 5.56 Å². The number of rotatable bonds is 5. The van der Waals surface area contributed by atoms with Crippen LogP contribution in [0.4, 0.5) is 0 Å². The molecule has 0 saturated heterocycles. The number of carbonyl (C=O) groups is 2. The van der Waals surface area contributed by atoms with E-state index in [2.05, 4.69) is 5.32 Å². The molecule has 0 radical (unpaired) electrons. The molecule has 0 aliphatic rings. The molecule has 0 fully saturated rings. The number of benzene rings is 1. The third-order valence-corrected chi connectivity index (χ3v) is 2.17. The summed E-state index contributed by atoms with van der Waals surface area (Å²) in [6, 6.07) is 5.64. The Morgan fingerprint density at radius 2 is 1.83 bits per heavy atom. The van der Waals surface area contributed by atoms with Crippen molar-refractivity contribution in [3.05, 3.63) is 29.8 Å². The second-order valence-corrected chi connectivity index (χ2v) is 3.66. The molecular formula is C11H16ClN3O3. The van der Waals surface area contributed by atoms with Gasteiger partial charge in [0, 0.05) is 0 Å². The molecule has 1 aromatic carbocycles. The molecule has 18 heavy (non-hydrogen) atoms. The highest BCUT2D eigenvalue weighted by molar-refractivity contribution is 5.86.